The van der Waals surface area contributed by atoms with Gasteiger partial charge in [-0.3, -0.25) is 14.4 Å². The van der Waals surface area contributed by atoms with Crippen LogP contribution in [0.2, 0.25) is 0 Å². The Balaban J connectivity index is 1.41. The minimum Gasteiger partial charge on any atom is -0.507 e. The number of aliphatic hydroxyl groups excluding tert-OH is 2. The van der Waals surface area contributed by atoms with Crippen LogP contribution in [0.3, 0.4) is 0 Å². The predicted molar refractivity (Wildman–Crippen MR) is 190 cm³/mol. The summed E-state index contributed by atoms with van der Waals surface area (Å²) in [6.45, 7) is 6.34. The highest BCUT2D eigenvalue weighted by Crippen LogP contribution is 2.57. The molecule has 1 fully saturated rings. The second-order valence-electron chi connectivity index (χ2n) is 15.6. The Hall–Kier alpha value is -4.33. The second kappa shape index (κ2) is 13.4. The van der Waals surface area contributed by atoms with Crippen LogP contribution in [0.5, 0.6) is 17.2 Å². The molecule has 3 aliphatic heterocycles. The first kappa shape index (κ1) is 39.9. The van der Waals surface area contributed by atoms with Gasteiger partial charge in [-0.25, -0.2) is 0 Å². The van der Waals surface area contributed by atoms with E-state index in [1.165, 1.54) is 46.1 Å². The standard InChI is InChI=1S/C39H47NO16/c1-14-32(49-7)39(4,52-10)33(50-8)36(53-14)54-19-13-37(2,48)24(34(47)51-9)15-11-16-21(27(43)20(15)19)28(44)22-18(41)12-17-30(23(22)26(16)42)55-35-29(45)25(40(5)6)31(46)38(17,3)56-35/h11-12,14,19,24,29,32-33,35-36,41,43,45-46,48H,13H2,1-10H3/t14-,19-,24-,29?,32?,33-,35+,36-,37-,38+,39+/m0/s1. The molecule has 5 N–H and O–H groups in total. The van der Waals surface area contributed by atoms with Crippen molar-refractivity contribution in [2.45, 2.75) is 99.9 Å². The molecule has 7 rings (SSSR count). The highest BCUT2D eigenvalue weighted by Gasteiger charge is 2.59. The molecule has 2 aliphatic carbocycles. The molecule has 2 aromatic rings. The van der Waals surface area contributed by atoms with E-state index in [-0.39, 0.29) is 40.1 Å². The van der Waals surface area contributed by atoms with Gasteiger partial charge in [0, 0.05) is 58.5 Å². The Bertz CT molecular complexity index is 2060. The number of phenols is 2. The van der Waals surface area contributed by atoms with Crippen LogP contribution in [0.4, 0.5) is 0 Å². The molecule has 17 heteroatoms. The van der Waals surface area contributed by atoms with Gasteiger partial charge in [0.15, 0.2) is 29.5 Å². The van der Waals surface area contributed by atoms with Gasteiger partial charge in [0.05, 0.1) is 47.3 Å². The summed E-state index contributed by atoms with van der Waals surface area (Å²) in [5, 5.41) is 58.1. The molecule has 56 heavy (non-hydrogen) atoms. The van der Waals surface area contributed by atoms with Crippen molar-refractivity contribution in [1.29, 1.82) is 0 Å². The molecule has 0 spiro atoms. The van der Waals surface area contributed by atoms with Crippen molar-refractivity contribution < 1.29 is 77.8 Å². The summed E-state index contributed by atoms with van der Waals surface area (Å²) in [6, 6.07) is 2.34. The van der Waals surface area contributed by atoms with E-state index in [4.69, 9.17) is 37.9 Å². The number of hydrogen-bond acceptors (Lipinski definition) is 17. The maximum atomic E-state index is 14.8. The number of hydrogen-bond donors (Lipinski definition) is 5. The Kier molecular flexibility index (Phi) is 9.53. The quantitative estimate of drug-likeness (QED) is 0.216. The van der Waals surface area contributed by atoms with E-state index in [1.807, 2.05) is 0 Å². The Labute approximate surface area is 322 Å². The molecule has 0 saturated carbocycles. The number of ether oxygens (including phenoxy) is 8. The molecule has 0 aromatic heterocycles. The number of carbonyl (C=O) groups excluding carboxylic acids is 3. The third kappa shape index (κ3) is 5.32. The fourth-order valence-electron chi connectivity index (χ4n) is 9.33. The maximum absolute atomic E-state index is 14.8. The highest BCUT2D eigenvalue weighted by molar-refractivity contribution is 6.31. The van der Waals surface area contributed by atoms with Crippen LogP contribution in [0.1, 0.15) is 94.7 Å². The lowest BCUT2D eigenvalue weighted by molar-refractivity contribution is -0.345. The van der Waals surface area contributed by atoms with Gasteiger partial charge >= 0.3 is 5.97 Å². The number of ketones is 2. The fourth-order valence-corrected chi connectivity index (χ4v) is 9.33. The third-order valence-corrected chi connectivity index (χ3v) is 12.1. The van der Waals surface area contributed by atoms with Gasteiger partial charge < -0.3 is 68.3 Å². The van der Waals surface area contributed by atoms with E-state index >= 15 is 0 Å². The minimum absolute atomic E-state index is 0.0162. The highest BCUT2D eigenvalue weighted by atomic mass is 16.7. The van der Waals surface area contributed by atoms with Crippen LogP contribution in [0, 0.1) is 0 Å². The zero-order valence-corrected chi connectivity index (χ0v) is 32.7. The molecule has 11 atom stereocenters. The van der Waals surface area contributed by atoms with Crippen molar-refractivity contribution in [3.05, 3.63) is 62.5 Å². The van der Waals surface area contributed by atoms with Crippen molar-refractivity contribution in [2.24, 2.45) is 0 Å². The van der Waals surface area contributed by atoms with Crippen LogP contribution in [-0.2, 0) is 43.6 Å². The van der Waals surface area contributed by atoms with Gasteiger partial charge in [0.1, 0.15) is 41.0 Å². The molecule has 0 amide bonds. The monoisotopic (exact) mass is 785 g/mol. The molecule has 2 unspecified atom stereocenters. The van der Waals surface area contributed by atoms with E-state index in [0.717, 1.165) is 13.2 Å². The topological polar surface area (TPSA) is 229 Å². The molecular formula is C39H47NO16. The molecule has 1 saturated heterocycles. The lowest BCUT2D eigenvalue weighted by Crippen LogP contribution is -2.66. The molecule has 2 bridgehead atoms. The maximum Gasteiger partial charge on any atom is 0.316 e. The van der Waals surface area contributed by atoms with Gasteiger partial charge in [0.2, 0.25) is 12.1 Å². The molecule has 5 aliphatic rings. The number of methoxy groups -OCH3 is 4. The predicted octanol–water partition coefficient (Wildman–Crippen LogP) is 2.18. The van der Waals surface area contributed by atoms with Gasteiger partial charge in [-0.2, -0.15) is 0 Å². The van der Waals surface area contributed by atoms with Gasteiger partial charge in [-0.1, -0.05) is 0 Å². The number of fused-ring (bicyclic) bond motifs is 8. The summed E-state index contributed by atoms with van der Waals surface area (Å²) in [4.78, 5) is 44.3. The smallest absolute Gasteiger partial charge is 0.316 e. The van der Waals surface area contributed by atoms with Crippen LogP contribution >= 0.6 is 0 Å². The zero-order valence-electron chi connectivity index (χ0n) is 32.7. The van der Waals surface area contributed by atoms with Crippen molar-refractivity contribution in [3.8, 4) is 17.2 Å². The van der Waals surface area contributed by atoms with Crippen molar-refractivity contribution >= 4 is 17.5 Å². The van der Waals surface area contributed by atoms with Gasteiger partial charge in [-0.05, 0) is 45.4 Å². The first-order chi connectivity index (χ1) is 26.2. The number of esters is 1. The Morgan fingerprint density at radius 1 is 0.946 bits per heavy atom. The van der Waals surface area contributed by atoms with E-state index in [1.54, 1.807) is 27.9 Å². The molecule has 304 valence electrons. The van der Waals surface area contributed by atoms with Crippen LogP contribution in [0.25, 0.3) is 0 Å². The number of phenolic OH excluding ortho intramolecular Hbond substituents is 2. The first-order valence-corrected chi connectivity index (χ1v) is 18.0. The van der Waals surface area contributed by atoms with Crippen LogP contribution < -0.4 is 4.74 Å². The van der Waals surface area contributed by atoms with E-state index < -0.39 is 117 Å². The summed E-state index contributed by atoms with van der Waals surface area (Å²) < 4.78 is 47.2. The Morgan fingerprint density at radius 2 is 1.61 bits per heavy atom. The number of rotatable bonds is 7. The molecule has 0 radical (unpaired) electrons. The zero-order chi connectivity index (χ0) is 41.1. The van der Waals surface area contributed by atoms with E-state index in [2.05, 4.69) is 0 Å². The third-order valence-electron chi connectivity index (χ3n) is 12.1. The van der Waals surface area contributed by atoms with Gasteiger partial charge in [0.25, 0.3) is 0 Å². The fraction of sp³-hybridized carbons (Fsp3) is 0.564. The normalized spacial score (nSPS) is 35.9. The molecule has 3 heterocycles. The number of nitrogens with zero attached hydrogens (tertiary/aromatic N) is 1. The van der Waals surface area contributed by atoms with E-state index in [9.17, 15) is 39.9 Å². The van der Waals surface area contributed by atoms with Crippen molar-refractivity contribution in [2.75, 3.05) is 42.5 Å². The average molecular weight is 786 g/mol. The number of aliphatic hydroxyl groups is 3. The second-order valence-corrected chi connectivity index (χ2v) is 15.6. The number of carbonyl (C=O) groups is 3. The minimum atomic E-state index is -1.92. The van der Waals surface area contributed by atoms with Crippen molar-refractivity contribution in [1.82, 2.24) is 4.90 Å². The number of aromatic hydroxyl groups is 2. The number of benzene rings is 2. The summed E-state index contributed by atoms with van der Waals surface area (Å²) in [5.41, 5.74) is -6.73. The lowest BCUT2D eigenvalue weighted by Gasteiger charge is -2.51. The summed E-state index contributed by atoms with van der Waals surface area (Å²) >= 11 is 0. The summed E-state index contributed by atoms with van der Waals surface area (Å²) in [6.07, 6.45) is -7.97. The lowest BCUT2D eigenvalue weighted by atomic mass is 9.68. The molecule has 2 aromatic carbocycles. The van der Waals surface area contributed by atoms with E-state index in [0.29, 0.717) is 0 Å². The Morgan fingerprint density at radius 3 is 2.20 bits per heavy atom. The number of likely N-dealkylation sites (N-methyl/N-ethyl adjacent to an activating group) is 1. The molecule has 17 nitrogen and oxygen atoms in total. The summed E-state index contributed by atoms with van der Waals surface area (Å²) in [5.74, 6) is -6.37. The van der Waals surface area contributed by atoms with Crippen LogP contribution in [-0.4, -0.2) is 139 Å². The van der Waals surface area contributed by atoms with Crippen LogP contribution in [0.15, 0.2) is 23.6 Å². The van der Waals surface area contributed by atoms with Gasteiger partial charge in [-0.15, -0.1) is 0 Å². The molecular weight excluding hydrogens is 738 g/mol. The average Bonchev–Trinajstić information content (AvgIpc) is 3.12. The largest absolute Gasteiger partial charge is 0.507 e. The van der Waals surface area contributed by atoms with Crippen molar-refractivity contribution in [3.63, 3.8) is 0 Å². The first-order valence-electron chi connectivity index (χ1n) is 18.0. The summed E-state index contributed by atoms with van der Waals surface area (Å²) in [7, 11) is 8.71. The SMILES string of the molecule is COC(=O)[C@@H]1c2cc3c(c(O)c2[C@@H](O[C@@H]2O[C@@H](C)C(OC)[C@@](C)(OC)[C@H]2OC)C[C@]1(C)O)C(=O)c1c(O)cc2c(c1C3=O)O[C@@H]1O[C@@]2(C)C(O)=C(N(C)C)C1O.